The molecule has 1 aromatic heterocycles. The Morgan fingerprint density at radius 2 is 1.71 bits per heavy atom. The third-order valence-electron chi connectivity index (χ3n) is 5.26. The van der Waals surface area contributed by atoms with E-state index in [1.54, 1.807) is 11.3 Å². The van der Waals surface area contributed by atoms with Crippen LogP contribution >= 0.6 is 11.3 Å². The first-order valence-corrected chi connectivity index (χ1v) is 11.8. The van der Waals surface area contributed by atoms with Crippen LogP contribution in [0.15, 0.2) is 53.9 Å². The van der Waals surface area contributed by atoms with Gasteiger partial charge < -0.3 is 25.7 Å². The van der Waals surface area contributed by atoms with Crippen LogP contribution in [0, 0.1) is 5.41 Å². The number of fused-ring (bicyclic) bond motifs is 1. The summed E-state index contributed by atoms with van der Waals surface area (Å²) < 4.78 is 0. The van der Waals surface area contributed by atoms with Gasteiger partial charge in [0, 0.05) is 44.2 Å². The lowest BCUT2D eigenvalue weighted by Crippen LogP contribution is -2.43. The van der Waals surface area contributed by atoms with Crippen molar-refractivity contribution in [3.63, 3.8) is 0 Å². The van der Waals surface area contributed by atoms with E-state index in [4.69, 9.17) is 15.6 Å². The average molecular weight is 487 g/mol. The Bertz CT molecular complexity index is 1000. The molecule has 1 amide bonds. The monoisotopic (exact) mass is 486 g/mol. The predicted octanol–water partition coefficient (Wildman–Crippen LogP) is 3.02. The smallest absolute Gasteiger partial charge is 0.328 e. The molecule has 2 atom stereocenters. The number of nitrogens with one attached hydrogen (secondary N) is 3. The number of amidine groups is 1. The molecule has 9 nitrogen and oxygen atoms in total. The van der Waals surface area contributed by atoms with E-state index >= 15 is 0 Å². The Morgan fingerprint density at radius 3 is 2.24 bits per heavy atom. The maximum absolute atomic E-state index is 12.5. The topological polar surface area (TPSA) is 143 Å². The van der Waals surface area contributed by atoms with Gasteiger partial charge in [-0.2, -0.15) is 0 Å². The number of carbonyl (C=O) groups is 3. The van der Waals surface area contributed by atoms with Crippen molar-refractivity contribution in [1.29, 1.82) is 5.41 Å². The third kappa shape index (κ3) is 7.82. The summed E-state index contributed by atoms with van der Waals surface area (Å²) >= 11 is 1.56. The highest BCUT2D eigenvalue weighted by molar-refractivity contribution is 7.12. The van der Waals surface area contributed by atoms with Gasteiger partial charge >= 0.3 is 11.9 Å². The standard InChI is InChI=1S/C20H26N4OS.C4H4O4/c1-3-24(4-2)19(25)12-16-14-8-5-6-9-15(14)17(13-22-16)23-20(21)18-10-7-11-26-18;5-3(6)1-2-4(7)8/h5-11,16-17,22H,3-4,12-13H2,1-2H3,(H2,21,23);1-2H,(H,5,6)(H,7,8)/b;2-1+. The summed E-state index contributed by atoms with van der Waals surface area (Å²) in [6.45, 7) is 6.21. The van der Waals surface area contributed by atoms with Gasteiger partial charge in [0.05, 0.1) is 10.9 Å². The first kappa shape index (κ1) is 26.7. The van der Waals surface area contributed by atoms with Crippen molar-refractivity contribution < 1.29 is 24.6 Å². The zero-order valence-corrected chi connectivity index (χ0v) is 20.0. The number of thiophene rings is 1. The molecule has 3 rings (SSSR count). The van der Waals surface area contributed by atoms with Gasteiger partial charge in [0.2, 0.25) is 5.91 Å². The summed E-state index contributed by atoms with van der Waals surface area (Å²) in [6.07, 6.45) is 1.58. The number of rotatable bonds is 8. The lowest BCUT2D eigenvalue weighted by molar-refractivity contribution is -0.134. The van der Waals surface area contributed by atoms with Crippen molar-refractivity contribution in [2.45, 2.75) is 32.4 Å². The zero-order valence-electron chi connectivity index (χ0n) is 19.2. The number of carboxylic acid groups (broad SMARTS) is 2. The molecule has 0 saturated heterocycles. The van der Waals surface area contributed by atoms with E-state index in [1.807, 2.05) is 48.4 Å². The highest BCUT2D eigenvalue weighted by Crippen LogP contribution is 2.31. The maximum Gasteiger partial charge on any atom is 0.328 e. The van der Waals surface area contributed by atoms with Crippen molar-refractivity contribution in [3.05, 3.63) is 69.9 Å². The van der Waals surface area contributed by atoms with E-state index in [0.717, 1.165) is 23.5 Å². The molecule has 1 aliphatic heterocycles. The molecule has 182 valence electrons. The van der Waals surface area contributed by atoms with Crippen molar-refractivity contribution in [1.82, 2.24) is 15.5 Å². The Morgan fingerprint density at radius 1 is 1.09 bits per heavy atom. The van der Waals surface area contributed by atoms with Gasteiger partial charge in [0.1, 0.15) is 5.84 Å². The van der Waals surface area contributed by atoms with Crippen LogP contribution < -0.4 is 10.6 Å². The number of hydrogen-bond donors (Lipinski definition) is 5. The molecule has 2 aromatic rings. The minimum Gasteiger partial charge on any atom is -0.478 e. The number of nitrogens with zero attached hydrogens (tertiary/aromatic N) is 1. The van der Waals surface area contributed by atoms with E-state index in [1.165, 1.54) is 5.56 Å². The molecule has 0 saturated carbocycles. The maximum atomic E-state index is 12.5. The fourth-order valence-electron chi connectivity index (χ4n) is 3.63. The SMILES string of the molecule is CCN(CC)C(=O)CC1NCC(NC(=N)c2cccs2)c2ccccc21.O=C(O)/C=C/C(=O)O. The average Bonchev–Trinajstić information content (AvgIpc) is 3.36. The molecular weight excluding hydrogens is 456 g/mol. The summed E-state index contributed by atoms with van der Waals surface area (Å²) in [7, 11) is 0. The van der Waals surface area contributed by atoms with Gasteiger partial charge in [-0.25, -0.2) is 9.59 Å². The van der Waals surface area contributed by atoms with Gasteiger partial charge in [-0.05, 0) is 36.4 Å². The van der Waals surface area contributed by atoms with Crippen LogP contribution in [0.2, 0.25) is 0 Å². The van der Waals surface area contributed by atoms with Crippen LogP contribution in [0.1, 0.15) is 48.4 Å². The summed E-state index contributed by atoms with van der Waals surface area (Å²) in [6, 6.07) is 12.2. The minimum atomic E-state index is -1.26. The van der Waals surface area contributed by atoms with E-state index in [0.29, 0.717) is 31.0 Å². The minimum absolute atomic E-state index is 0.0215. The second kappa shape index (κ2) is 13.3. The molecule has 0 fully saturated rings. The first-order chi connectivity index (χ1) is 16.3. The summed E-state index contributed by atoms with van der Waals surface area (Å²) in [5.74, 6) is -1.89. The zero-order chi connectivity index (χ0) is 25.1. The number of amides is 1. The molecular formula is C24H30N4O5S. The molecule has 0 radical (unpaired) electrons. The lowest BCUT2D eigenvalue weighted by atomic mass is 9.89. The van der Waals surface area contributed by atoms with Crippen LogP contribution in [-0.2, 0) is 14.4 Å². The molecule has 0 bridgehead atoms. The molecule has 1 aliphatic rings. The highest BCUT2D eigenvalue weighted by Gasteiger charge is 2.29. The van der Waals surface area contributed by atoms with Crippen molar-refractivity contribution in [3.8, 4) is 0 Å². The summed E-state index contributed by atoms with van der Waals surface area (Å²) in [5, 5.41) is 32.7. The van der Waals surface area contributed by atoms with Gasteiger partial charge in [-0.3, -0.25) is 10.2 Å². The molecule has 2 heterocycles. The highest BCUT2D eigenvalue weighted by atomic mass is 32.1. The molecule has 10 heteroatoms. The third-order valence-corrected chi connectivity index (χ3v) is 6.15. The lowest BCUT2D eigenvalue weighted by Gasteiger charge is -2.34. The fraction of sp³-hybridized carbons (Fsp3) is 0.333. The van der Waals surface area contributed by atoms with Crippen LogP contribution in [0.5, 0.6) is 0 Å². The van der Waals surface area contributed by atoms with E-state index in [9.17, 15) is 14.4 Å². The van der Waals surface area contributed by atoms with Gasteiger partial charge in [-0.1, -0.05) is 30.3 Å². The van der Waals surface area contributed by atoms with Crippen LogP contribution in [0.25, 0.3) is 0 Å². The van der Waals surface area contributed by atoms with Gasteiger partial charge in [0.15, 0.2) is 0 Å². The van der Waals surface area contributed by atoms with Gasteiger partial charge in [0.25, 0.3) is 0 Å². The van der Waals surface area contributed by atoms with Gasteiger partial charge in [-0.15, -0.1) is 11.3 Å². The number of carboxylic acids is 2. The van der Waals surface area contributed by atoms with Crippen LogP contribution in [0.3, 0.4) is 0 Å². The number of hydrogen-bond acceptors (Lipinski definition) is 6. The Balaban J connectivity index is 0.000000440. The van der Waals surface area contributed by atoms with Crippen LogP contribution in [-0.4, -0.2) is 58.4 Å². The summed E-state index contributed by atoms with van der Waals surface area (Å²) in [4.78, 5) is 34.5. The van der Waals surface area contributed by atoms with Crippen LogP contribution in [0.4, 0.5) is 0 Å². The second-order valence-electron chi connectivity index (χ2n) is 7.42. The van der Waals surface area contributed by atoms with E-state index < -0.39 is 11.9 Å². The molecule has 1 aromatic carbocycles. The quantitative estimate of drug-likeness (QED) is 0.219. The molecule has 34 heavy (non-hydrogen) atoms. The Kier molecular flexibility index (Phi) is 10.4. The van der Waals surface area contributed by atoms with E-state index in [2.05, 4.69) is 22.8 Å². The normalized spacial score (nSPS) is 16.6. The van der Waals surface area contributed by atoms with Crippen molar-refractivity contribution in [2.75, 3.05) is 19.6 Å². The largest absolute Gasteiger partial charge is 0.478 e. The molecule has 0 aliphatic carbocycles. The first-order valence-electron chi connectivity index (χ1n) is 10.9. The molecule has 0 spiro atoms. The van der Waals surface area contributed by atoms with Crippen molar-refractivity contribution in [2.24, 2.45) is 0 Å². The number of benzene rings is 1. The Labute approximate surface area is 202 Å². The molecule has 5 N–H and O–H groups in total. The fourth-order valence-corrected chi connectivity index (χ4v) is 4.26. The predicted molar refractivity (Wildman–Crippen MR) is 131 cm³/mol. The van der Waals surface area contributed by atoms with Crippen molar-refractivity contribution >= 4 is 35.0 Å². The number of carbonyl (C=O) groups excluding carboxylic acids is 1. The Hall–Kier alpha value is -3.50. The number of aliphatic carboxylic acids is 2. The second-order valence-corrected chi connectivity index (χ2v) is 8.37. The summed E-state index contributed by atoms with van der Waals surface area (Å²) in [5.41, 5.74) is 2.32. The van der Waals surface area contributed by atoms with E-state index in [-0.39, 0.29) is 18.0 Å². The molecule has 2 unspecified atom stereocenters.